The highest BCUT2D eigenvalue weighted by Crippen LogP contribution is 2.17. The maximum Gasteiger partial charge on any atom is 0.252 e. The Morgan fingerprint density at radius 3 is 2.68 bits per heavy atom. The van der Waals surface area contributed by atoms with E-state index >= 15 is 0 Å². The summed E-state index contributed by atoms with van der Waals surface area (Å²) in [6.45, 7) is 5.90. The highest BCUT2D eigenvalue weighted by atomic mass is 127. The number of carbonyl (C=O) groups is 1. The predicted molar refractivity (Wildman–Crippen MR) is 81.5 cm³/mol. The molecule has 0 aliphatic rings. The van der Waals surface area contributed by atoms with Gasteiger partial charge in [-0.1, -0.05) is 13.8 Å². The van der Waals surface area contributed by atoms with Gasteiger partial charge in [-0.25, -0.2) is 4.39 Å². The van der Waals surface area contributed by atoms with E-state index in [1.165, 1.54) is 18.2 Å². The normalized spacial score (nSPS) is 14.3. The van der Waals surface area contributed by atoms with E-state index in [0.29, 0.717) is 21.5 Å². The molecule has 0 fully saturated rings. The minimum Gasteiger partial charge on any atom is -0.388 e. The van der Waals surface area contributed by atoms with Gasteiger partial charge in [-0.05, 0) is 60.1 Å². The summed E-state index contributed by atoms with van der Waals surface area (Å²) in [6.07, 6.45) is 0.605. The molecule has 1 unspecified atom stereocenters. The molecule has 5 heteroatoms. The summed E-state index contributed by atoms with van der Waals surface area (Å²) in [5, 5.41) is 12.8. The monoisotopic (exact) mass is 379 g/mol. The largest absolute Gasteiger partial charge is 0.388 e. The van der Waals surface area contributed by atoms with Crippen molar-refractivity contribution in [1.29, 1.82) is 0 Å². The van der Waals surface area contributed by atoms with E-state index in [4.69, 9.17) is 0 Å². The minimum absolute atomic E-state index is 0.178. The van der Waals surface area contributed by atoms with Gasteiger partial charge < -0.3 is 10.4 Å². The third-order valence-corrected chi connectivity index (χ3v) is 3.55. The van der Waals surface area contributed by atoms with Crippen molar-refractivity contribution in [2.45, 2.75) is 32.8 Å². The fraction of sp³-hybridized carbons (Fsp3) is 0.500. The molecule has 0 heterocycles. The summed E-state index contributed by atoms with van der Waals surface area (Å²) in [6, 6.07) is 4.01. The molecular weight excluding hydrogens is 360 g/mol. The average Bonchev–Trinajstić information content (AvgIpc) is 2.24. The third-order valence-electron chi connectivity index (χ3n) is 2.65. The van der Waals surface area contributed by atoms with Crippen LogP contribution in [-0.2, 0) is 0 Å². The summed E-state index contributed by atoms with van der Waals surface area (Å²) >= 11 is 1.92. The summed E-state index contributed by atoms with van der Waals surface area (Å²) in [4.78, 5) is 12.0. The second kappa shape index (κ2) is 6.65. The van der Waals surface area contributed by atoms with Gasteiger partial charge in [0.15, 0.2) is 0 Å². The Bertz CT molecular complexity index is 461. The van der Waals surface area contributed by atoms with Crippen LogP contribution >= 0.6 is 22.6 Å². The van der Waals surface area contributed by atoms with E-state index in [9.17, 15) is 14.3 Å². The first kappa shape index (κ1) is 16.4. The maximum atomic E-state index is 13.0. The fourth-order valence-corrected chi connectivity index (χ4v) is 2.71. The first-order valence-electron chi connectivity index (χ1n) is 6.17. The Morgan fingerprint density at radius 2 is 2.16 bits per heavy atom. The number of halogens is 2. The molecule has 1 rings (SSSR count). The number of rotatable bonds is 5. The zero-order valence-corrected chi connectivity index (χ0v) is 13.5. The Morgan fingerprint density at radius 1 is 1.53 bits per heavy atom. The minimum atomic E-state index is -0.935. The summed E-state index contributed by atoms with van der Waals surface area (Å²) < 4.78 is 13.5. The summed E-state index contributed by atoms with van der Waals surface area (Å²) in [5.41, 5.74) is -0.516. The topological polar surface area (TPSA) is 49.3 Å². The number of hydrogen-bond acceptors (Lipinski definition) is 2. The van der Waals surface area contributed by atoms with E-state index in [2.05, 4.69) is 5.32 Å². The molecule has 0 aliphatic heterocycles. The van der Waals surface area contributed by atoms with Crippen LogP contribution < -0.4 is 5.32 Å². The van der Waals surface area contributed by atoms with Crippen LogP contribution in [0, 0.1) is 15.3 Å². The lowest BCUT2D eigenvalue weighted by atomic mass is 9.94. The molecule has 2 N–H and O–H groups in total. The van der Waals surface area contributed by atoms with E-state index in [1.807, 2.05) is 36.4 Å². The lowest BCUT2D eigenvalue weighted by Crippen LogP contribution is -2.41. The van der Waals surface area contributed by atoms with Gasteiger partial charge in [-0.2, -0.15) is 0 Å². The van der Waals surface area contributed by atoms with Crippen molar-refractivity contribution in [3.05, 3.63) is 33.1 Å². The van der Waals surface area contributed by atoms with Crippen LogP contribution in [0.25, 0.3) is 0 Å². The molecule has 0 saturated carbocycles. The van der Waals surface area contributed by atoms with Crippen LogP contribution in [-0.4, -0.2) is 23.2 Å². The third kappa shape index (κ3) is 5.44. The Labute approximate surface area is 126 Å². The van der Waals surface area contributed by atoms with Crippen LogP contribution in [0.2, 0.25) is 0 Å². The number of benzene rings is 1. The van der Waals surface area contributed by atoms with Crippen molar-refractivity contribution in [2.75, 3.05) is 6.54 Å². The maximum absolute atomic E-state index is 13.0. The lowest BCUT2D eigenvalue weighted by molar-refractivity contribution is 0.0368. The first-order valence-corrected chi connectivity index (χ1v) is 7.25. The van der Waals surface area contributed by atoms with Crippen molar-refractivity contribution >= 4 is 28.5 Å². The summed E-state index contributed by atoms with van der Waals surface area (Å²) in [7, 11) is 0. The molecule has 106 valence electrons. The molecule has 0 bridgehead atoms. The second-order valence-electron chi connectivity index (χ2n) is 5.40. The smallest absolute Gasteiger partial charge is 0.252 e. The van der Waals surface area contributed by atoms with Crippen LogP contribution in [0.4, 0.5) is 4.39 Å². The van der Waals surface area contributed by atoms with Gasteiger partial charge in [0, 0.05) is 10.1 Å². The van der Waals surface area contributed by atoms with Crippen molar-refractivity contribution in [2.24, 2.45) is 5.92 Å². The first-order chi connectivity index (χ1) is 8.71. The molecule has 0 spiro atoms. The van der Waals surface area contributed by atoms with Gasteiger partial charge in [0.25, 0.3) is 5.91 Å². The molecule has 0 aromatic heterocycles. The molecule has 1 aromatic rings. The molecule has 3 nitrogen and oxygen atoms in total. The fourth-order valence-electron chi connectivity index (χ4n) is 1.99. The quantitative estimate of drug-likeness (QED) is 0.773. The molecule has 1 amide bonds. The van der Waals surface area contributed by atoms with E-state index in [1.54, 1.807) is 6.92 Å². The zero-order chi connectivity index (χ0) is 14.6. The van der Waals surface area contributed by atoms with Crippen molar-refractivity contribution in [3.63, 3.8) is 0 Å². The van der Waals surface area contributed by atoms with Gasteiger partial charge in [-0.15, -0.1) is 0 Å². The lowest BCUT2D eigenvalue weighted by Gasteiger charge is -2.25. The van der Waals surface area contributed by atoms with Gasteiger partial charge in [-0.3, -0.25) is 4.79 Å². The van der Waals surface area contributed by atoms with Crippen molar-refractivity contribution in [1.82, 2.24) is 5.32 Å². The molecule has 0 saturated heterocycles. The Balaban J connectivity index is 2.65. The Kier molecular flexibility index (Phi) is 5.73. The number of amides is 1. The molecule has 1 aromatic carbocycles. The molecule has 1 atom stereocenters. The molecule has 0 aliphatic carbocycles. The van der Waals surface area contributed by atoms with E-state index in [0.717, 1.165) is 0 Å². The molecular formula is C14H19FINO2. The van der Waals surface area contributed by atoms with Crippen molar-refractivity contribution < 1.29 is 14.3 Å². The second-order valence-corrected chi connectivity index (χ2v) is 6.56. The van der Waals surface area contributed by atoms with Gasteiger partial charge >= 0.3 is 0 Å². The average molecular weight is 379 g/mol. The highest BCUT2D eigenvalue weighted by Gasteiger charge is 2.23. The van der Waals surface area contributed by atoms with E-state index < -0.39 is 5.60 Å². The standard InChI is InChI=1S/C14H19FINO2/c1-9(2)7-14(3,19)8-17-13(18)11-5-4-10(15)6-12(11)16/h4-6,9,19H,7-8H2,1-3H3,(H,17,18). The molecule has 0 radical (unpaired) electrons. The number of aliphatic hydroxyl groups is 1. The van der Waals surface area contributed by atoms with E-state index in [-0.39, 0.29) is 18.3 Å². The number of nitrogens with one attached hydrogen (secondary N) is 1. The van der Waals surface area contributed by atoms with Gasteiger partial charge in [0.2, 0.25) is 0 Å². The van der Waals surface area contributed by atoms with Gasteiger partial charge in [0.1, 0.15) is 5.82 Å². The number of hydrogen-bond donors (Lipinski definition) is 2. The summed E-state index contributed by atoms with van der Waals surface area (Å²) in [5.74, 6) is -0.320. The zero-order valence-electron chi connectivity index (χ0n) is 11.3. The predicted octanol–water partition coefficient (Wildman–Crippen LogP) is 2.96. The van der Waals surface area contributed by atoms with Crippen LogP contribution in [0.3, 0.4) is 0 Å². The van der Waals surface area contributed by atoms with Crippen molar-refractivity contribution in [3.8, 4) is 0 Å². The van der Waals surface area contributed by atoms with Crippen LogP contribution in [0.1, 0.15) is 37.6 Å². The van der Waals surface area contributed by atoms with Gasteiger partial charge in [0.05, 0.1) is 11.2 Å². The SMILES string of the molecule is CC(C)CC(C)(O)CNC(=O)c1ccc(F)cc1I. The highest BCUT2D eigenvalue weighted by molar-refractivity contribution is 14.1. The van der Waals surface area contributed by atoms with Crippen LogP contribution in [0.15, 0.2) is 18.2 Å². The number of carbonyl (C=O) groups excluding carboxylic acids is 1. The molecule has 19 heavy (non-hydrogen) atoms. The Hall–Kier alpha value is -0.690. The van der Waals surface area contributed by atoms with Crippen LogP contribution in [0.5, 0.6) is 0 Å².